The Balaban J connectivity index is 1.69. The lowest BCUT2D eigenvalue weighted by molar-refractivity contribution is -0.194. The monoisotopic (exact) mass is 386 g/mol. The van der Waals surface area contributed by atoms with Gasteiger partial charge in [0.05, 0.1) is 12.5 Å². The molecule has 1 aliphatic carbocycles. The molecule has 5 atom stereocenters. The number of carbonyl (C=O) groups excluding carboxylic acids is 2. The molecule has 5 nitrogen and oxygen atoms in total. The topological polar surface area (TPSA) is 61.8 Å². The van der Waals surface area contributed by atoms with Crippen LogP contribution in [0.25, 0.3) is 0 Å². The van der Waals surface area contributed by atoms with E-state index >= 15 is 0 Å². The summed E-state index contributed by atoms with van der Waals surface area (Å²) in [6.45, 7) is 3.95. The van der Waals surface area contributed by atoms with Crippen LogP contribution in [0.2, 0.25) is 0 Å². The predicted molar refractivity (Wildman–Crippen MR) is 93.1 cm³/mol. The lowest BCUT2D eigenvalue weighted by Crippen LogP contribution is -2.32. The Bertz CT molecular complexity index is 583. The first-order valence-electron chi connectivity index (χ1n) is 9.83. The van der Waals surface area contributed by atoms with Gasteiger partial charge < -0.3 is 14.2 Å². The number of allylic oxidation sites excluding steroid dienone is 1. The van der Waals surface area contributed by atoms with Crippen molar-refractivity contribution in [2.24, 2.45) is 17.8 Å². The van der Waals surface area contributed by atoms with E-state index in [0.29, 0.717) is 13.0 Å². The number of halogens is 2. The van der Waals surface area contributed by atoms with Crippen molar-refractivity contribution in [3.05, 3.63) is 12.2 Å². The zero-order valence-electron chi connectivity index (χ0n) is 15.9. The molecule has 0 bridgehead atoms. The quantitative estimate of drug-likeness (QED) is 0.494. The summed E-state index contributed by atoms with van der Waals surface area (Å²) in [5.41, 5.74) is 0. The highest BCUT2D eigenvalue weighted by molar-refractivity contribution is 5.95. The first-order valence-corrected chi connectivity index (χ1v) is 9.83. The molecule has 3 aliphatic rings. The molecule has 2 heterocycles. The van der Waals surface area contributed by atoms with E-state index in [1.54, 1.807) is 13.8 Å². The van der Waals surface area contributed by atoms with Crippen molar-refractivity contribution in [3.8, 4) is 0 Å². The molecule has 7 heteroatoms. The van der Waals surface area contributed by atoms with E-state index in [0.717, 1.165) is 25.3 Å². The van der Waals surface area contributed by atoms with E-state index in [1.165, 1.54) is 6.08 Å². The maximum absolute atomic E-state index is 14.0. The standard InChI is InChI=1S/C20H28F2O5/c1-12(2)11-20(21,22)17(23)7-6-13-14-9-18(24)26-16(14)10-15(13)27-19-5-3-4-8-25-19/h6-7,12-16,19H,3-5,8-11H2,1-2H3/b7-6+/t13-,14?,15-,16+,19?/m1/s1. The molecule has 2 unspecified atom stereocenters. The predicted octanol–water partition coefficient (Wildman–Crippen LogP) is 3.66. The fourth-order valence-electron chi connectivity index (χ4n) is 4.26. The average molecular weight is 386 g/mol. The van der Waals surface area contributed by atoms with Crippen LogP contribution in [0, 0.1) is 17.8 Å². The number of esters is 1. The number of hydrogen-bond acceptors (Lipinski definition) is 5. The molecule has 0 aromatic carbocycles. The van der Waals surface area contributed by atoms with Crippen molar-refractivity contribution in [1.82, 2.24) is 0 Å². The summed E-state index contributed by atoms with van der Waals surface area (Å²) in [6, 6.07) is 0. The van der Waals surface area contributed by atoms with Crippen molar-refractivity contribution in [3.63, 3.8) is 0 Å². The Hall–Kier alpha value is -1.34. The van der Waals surface area contributed by atoms with E-state index in [-0.39, 0.29) is 48.6 Å². The third kappa shape index (κ3) is 4.93. The zero-order valence-corrected chi connectivity index (χ0v) is 15.9. The van der Waals surface area contributed by atoms with Gasteiger partial charge in [-0.2, -0.15) is 8.78 Å². The molecule has 27 heavy (non-hydrogen) atoms. The van der Waals surface area contributed by atoms with Gasteiger partial charge in [-0.15, -0.1) is 0 Å². The van der Waals surface area contributed by atoms with Crippen LogP contribution in [0.15, 0.2) is 12.2 Å². The van der Waals surface area contributed by atoms with Gasteiger partial charge in [-0.3, -0.25) is 9.59 Å². The third-order valence-corrected chi connectivity index (χ3v) is 5.51. The van der Waals surface area contributed by atoms with Gasteiger partial charge in [-0.05, 0) is 31.3 Å². The molecule has 1 saturated carbocycles. The Labute approximate surface area is 158 Å². The van der Waals surface area contributed by atoms with Gasteiger partial charge in [0.25, 0.3) is 0 Å². The van der Waals surface area contributed by atoms with Crippen LogP contribution < -0.4 is 0 Å². The van der Waals surface area contributed by atoms with Gasteiger partial charge in [-0.25, -0.2) is 0 Å². The number of carbonyl (C=O) groups is 2. The van der Waals surface area contributed by atoms with Crippen molar-refractivity contribution in [2.75, 3.05) is 6.61 Å². The van der Waals surface area contributed by atoms with Crippen LogP contribution in [0.3, 0.4) is 0 Å². The van der Waals surface area contributed by atoms with Crippen LogP contribution in [-0.4, -0.2) is 42.8 Å². The molecule has 0 aromatic heterocycles. The summed E-state index contributed by atoms with van der Waals surface area (Å²) in [5.74, 6) is -5.61. The van der Waals surface area contributed by atoms with Crippen LogP contribution in [-0.2, 0) is 23.8 Å². The summed E-state index contributed by atoms with van der Waals surface area (Å²) in [5, 5.41) is 0. The van der Waals surface area contributed by atoms with Crippen molar-refractivity contribution in [1.29, 1.82) is 0 Å². The zero-order chi connectivity index (χ0) is 19.6. The molecule has 152 valence electrons. The molecule has 2 saturated heterocycles. The van der Waals surface area contributed by atoms with Gasteiger partial charge in [0.2, 0.25) is 5.78 Å². The Kier molecular flexibility index (Phi) is 6.31. The van der Waals surface area contributed by atoms with E-state index in [4.69, 9.17) is 14.2 Å². The highest BCUT2D eigenvalue weighted by Gasteiger charge is 2.50. The van der Waals surface area contributed by atoms with Gasteiger partial charge in [0.15, 0.2) is 6.29 Å². The summed E-state index contributed by atoms with van der Waals surface area (Å²) < 4.78 is 45.0. The molecule has 0 N–H and O–H groups in total. The molecule has 0 spiro atoms. The summed E-state index contributed by atoms with van der Waals surface area (Å²) in [4.78, 5) is 23.6. The van der Waals surface area contributed by atoms with E-state index in [9.17, 15) is 18.4 Å². The van der Waals surface area contributed by atoms with E-state index in [1.807, 2.05) is 0 Å². The maximum Gasteiger partial charge on any atom is 0.309 e. The Morgan fingerprint density at radius 2 is 2.15 bits per heavy atom. The Morgan fingerprint density at radius 3 is 2.81 bits per heavy atom. The lowest BCUT2D eigenvalue weighted by atomic mass is 9.90. The normalized spacial score (nSPS) is 34.3. The Morgan fingerprint density at radius 1 is 1.37 bits per heavy atom. The van der Waals surface area contributed by atoms with Gasteiger partial charge >= 0.3 is 11.9 Å². The molecular formula is C20H28F2O5. The minimum Gasteiger partial charge on any atom is -0.462 e. The van der Waals surface area contributed by atoms with Crippen LogP contribution in [0.4, 0.5) is 8.78 Å². The molecule has 2 aliphatic heterocycles. The number of ether oxygens (including phenoxy) is 3. The molecule has 3 fully saturated rings. The number of hydrogen-bond donors (Lipinski definition) is 0. The minimum atomic E-state index is -3.38. The minimum absolute atomic E-state index is 0.145. The van der Waals surface area contributed by atoms with Crippen molar-refractivity contribution in [2.45, 2.75) is 76.8 Å². The largest absolute Gasteiger partial charge is 0.462 e. The van der Waals surface area contributed by atoms with Crippen LogP contribution >= 0.6 is 0 Å². The first kappa shape index (κ1) is 20.4. The highest BCUT2D eigenvalue weighted by atomic mass is 19.3. The summed E-state index contributed by atoms with van der Waals surface area (Å²) in [7, 11) is 0. The fourth-order valence-corrected chi connectivity index (χ4v) is 4.26. The first-order chi connectivity index (χ1) is 12.8. The second-order valence-corrected chi connectivity index (χ2v) is 8.21. The molecule has 3 rings (SSSR count). The van der Waals surface area contributed by atoms with Gasteiger partial charge in [0, 0.05) is 31.3 Å². The number of ketones is 1. The van der Waals surface area contributed by atoms with Gasteiger partial charge in [-0.1, -0.05) is 19.9 Å². The van der Waals surface area contributed by atoms with Crippen molar-refractivity contribution >= 4 is 11.8 Å². The van der Waals surface area contributed by atoms with E-state index < -0.39 is 18.1 Å². The lowest BCUT2D eigenvalue weighted by Gasteiger charge is -2.28. The van der Waals surface area contributed by atoms with Crippen LogP contribution in [0.1, 0.15) is 52.4 Å². The maximum atomic E-state index is 14.0. The van der Waals surface area contributed by atoms with Crippen molar-refractivity contribution < 1.29 is 32.6 Å². The number of rotatable bonds is 7. The summed E-state index contributed by atoms with van der Waals surface area (Å²) >= 11 is 0. The molecule has 0 radical (unpaired) electrons. The van der Waals surface area contributed by atoms with Gasteiger partial charge in [0.1, 0.15) is 6.10 Å². The molecular weight excluding hydrogens is 358 g/mol. The highest BCUT2D eigenvalue weighted by Crippen LogP contribution is 2.44. The fraction of sp³-hybridized carbons (Fsp3) is 0.800. The second kappa shape index (κ2) is 8.35. The summed E-state index contributed by atoms with van der Waals surface area (Å²) in [6.07, 6.45) is 4.59. The smallest absolute Gasteiger partial charge is 0.309 e. The molecule has 0 amide bonds. The van der Waals surface area contributed by atoms with E-state index in [2.05, 4.69) is 0 Å². The SMILES string of the molecule is CC(C)CC(F)(F)C(=O)/C=C/[C@@H]1C2CC(=O)O[C@H]2C[C@H]1OC1CCCCO1. The number of fused-ring (bicyclic) bond motifs is 1. The number of alkyl halides is 2. The average Bonchev–Trinajstić information content (AvgIpc) is 3.08. The second-order valence-electron chi connectivity index (χ2n) is 8.21. The van der Waals surface area contributed by atoms with Crippen LogP contribution in [0.5, 0.6) is 0 Å². The molecule has 0 aromatic rings. The third-order valence-electron chi connectivity index (χ3n) is 5.51.